The van der Waals surface area contributed by atoms with Gasteiger partial charge in [0.2, 0.25) is 0 Å². The third kappa shape index (κ3) is 17.1. The number of rotatable bonds is 6. The van der Waals surface area contributed by atoms with Gasteiger partial charge in [0, 0.05) is 12.3 Å². The fraction of sp³-hybridized carbons (Fsp3) is 1.00. The molecule has 6 nitrogen and oxygen atoms in total. The van der Waals surface area contributed by atoms with Crippen LogP contribution in [0.1, 0.15) is 27.7 Å². The molecule has 0 aliphatic heterocycles. The standard InChI is InChI=1S/2C4H11O3P.Mg/c2*1-3-7-8(5,6)4-2;/h2*3-4H2,1-2H3,(H,5,6);/q;;+2/p-2. The van der Waals surface area contributed by atoms with Crippen LogP contribution in [0.4, 0.5) is 0 Å². The fourth-order valence-electron chi connectivity index (χ4n) is 0.576. The number of hydrogen-bond acceptors (Lipinski definition) is 6. The summed E-state index contributed by atoms with van der Waals surface area (Å²) in [6.07, 6.45) is 0.168. The largest absolute Gasteiger partial charge is 2.00 e. The topological polar surface area (TPSA) is 98.7 Å². The molecule has 0 saturated heterocycles. The third-order valence-electron chi connectivity index (χ3n) is 1.43. The molecule has 2 atom stereocenters. The summed E-state index contributed by atoms with van der Waals surface area (Å²) < 4.78 is 29.6. The van der Waals surface area contributed by atoms with Gasteiger partial charge >= 0.3 is 23.1 Å². The van der Waals surface area contributed by atoms with Gasteiger partial charge in [0.05, 0.1) is 13.2 Å². The van der Waals surface area contributed by atoms with Gasteiger partial charge in [0.1, 0.15) is 15.2 Å². The summed E-state index contributed by atoms with van der Waals surface area (Å²) in [5, 5.41) is 0. The van der Waals surface area contributed by atoms with Gasteiger partial charge in [-0.1, -0.05) is 13.8 Å². The van der Waals surface area contributed by atoms with Crippen molar-refractivity contribution in [3.63, 3.8) is 0 Å². The first kappa shape index (κ1) is 23.2. The van der Waals surface area contributed by atoms with Crippen molar-refractivity contribution in [3.8, 4) is 0 Å². The molecule has 0 bridgehead atoms. The molecule has 0 aliphatic carbocycles. The monoisotopic (exact) mass is 298 g/mol. The molecular formula is C8H20MgO6P2. The van der Waals surface area contributed by atoms with Crippen LogP contribution in [0.15, 0.2) is 0 Å². The Morgan fingerprint density at radius 1 is 0.824 bits per heavy atom. The van der Waals surface area contributed by atoms with Crippen LogP contribution in [0.5, 0.6) is 0 Å². The van der Waals surface area contributed by atoms with E-state index in [2.05, 4.69) is 9.05 Å². The first-order chi connectivity index (χ1) is 7.24. The van der Waals surface area contributed by atoms with Gasteiger partial charge in [-0.2, -0.15) is 0 Å². The minimum Gasteiger partial charge on any atom is -0.779 e. The quantitative estimate of drug-likeness (QED) is 0.531. The Morgan fingerprint density at radius 2 is 1.06 bits per heavy atom. The van der Waals surface area contributed by atoms with Crippen LogP contribution in [0, 0.1) is 0 Å². The van der Waals surface area contributed by atoms with E-state index in [-0.39, 0.29) is 48.6 Å². The maximum absolute atomic E-state index is 10.4. The van der Waals surface area contributed by atoms with E-state index in [1.807, 2.05) is 0 Å². The van der Waals surface area contributed by atoms with E-state index < -0.39 is 15.2 Å². The Morgan fingerprint density at radius 3 is 1.12 bits per heavy atom. The second-order valence-corrected chi connectivity index (χ2v) is 6.91. The zero-order chi connectivity index (χ0) is 13.2. The molecule has 0 aliphatic rings. The Hall–Kier alpha value is 1.07. The predicted molar refractivity (Wildman–Crippen MR) is 65.3 cm³/mol. The first-order valence-corrected chi connectivity index (χ1v) is 8.59. The second-order valence-electron chi connectivity index (χ2n) is 2.69. The Kier molecular flexibility index (Phi) is 16.5. The average molecular weight is 298 g/mol. The number of hydrogen-bond donors (Lipinski definition) is 0. The molecule has 0 N–H and O–H groups in total. The van der Waals surface area contributed by atoms with Gasteiger partial charge in [0.25, 0.3) is 0 Å². The van der Waals surface area contributed by atoms with Crippen molar-refractivity contribution in [3.05, 3.63) is 0 Å². The van der Waals surface area contributed by atoms with Crippen LogP contribution in [-0.2, 0) is 18.2 Å². The Labute approximate surface area is 119 Å². The molecule has 0 radical (unpaired) electrons. The van der Waals surface area contributed by atoms with Crippen LogP contribution < -0.4 is 9.79 Å². The van der Waals surface area contributed by atoms with Crippen LogP contribution in [-0.4, -0.2) is 48.6 Å². The molecule has 17 heavy (non-hydrogen) atoms. The van der Waals surface area contributed by atoms with Crippen LogP contribution >= 0.6 is 15.2 Å². The molecule has 0 aromatic heterocycles. The molecule has 0 saturated carbocycles. The van der Waals surface area contributed by atoms with Crippen molar-refractivity contribution in [1.29, 1.82) is 0 Å². The molecule has 0 aromatic carbocycles. The summed E-state index contributed by atoms with van der Waals surface area (Å²) in [4.78, 5) is 20.8. The van der Waals surface area contributed by atoms with E-state index in [0.29, 0.717) is 0 Å². The normalized spacial score (nSPS) is 16.8. The molecule has 2 unspecified atom stereocenters. The summed E-state index contributed by atoms with van der Waals surface area (Å²) in [6.45, 7) is 6.91. The summed E-state index contributed by atoms with van der Waals surface area (Å²) in [5.41, 5.74) is 0. The summed E-state index contributed by atoms with van der Waals surface area (Å²) in [7, 11) is -6.85. The maximum atomic E-state index is 10.4. The molecule has 9 heteroatoms. The van der Waals surface area contributed by atoms with Gasteiger partial charge < -0.3 is 28.0 Å². The molecule has 0 rings (SSSR count). The van der Waals surface area contributed by atoms with E-state index in [4.69, 9.17) is 0 Å². The van der Waals surface area contributed by atoms with Gasteiger partial charge in [-0.15, -0.1) is 0 Å². The third-order valence-corrected chi connectivity index (χ3v) is 4.28. The summed E-state index contributed by atoms with van der Waals surface area (Å²) in [6, 6.07) is 0. The fourth-order valence-corrected chi connectivity index (χ4v) is 1.73. The molecule has 0 amide bonds. The molecule has 0 spiro atoms. The molecule has 100 valence electrons. The first-order valence-electron chi connectivity index (χ1n) is 5.13. The van der Waals surface area contributed by atoms with Gasteiger partial charge in [-0.05, 0) is 13.8 Å². The molecule has 0 fully saturated rings. The van der Waals surface area contributed by atoms with Crippen molar-refractivity contribution < 1.29 is 28.0 Å². The van der Waals surface area contributed by atoms with E-state index in [1.54, 1.807) is 27.7 Å². The maximum Gasteiger partial charge on any atom is 2.00 e. The van der Waals surface area contributed by atoms with Crippen LogP contribution in [0.25, 0.3) is 0 Å². The molecular weight excluding hydrogens is 278 g/mol. The van der Waals surface area contributed by atoms with E-state index in [9.17, 15) is 18.9 Å². The van der Waals surface area contributed by atoms with Gasteiger partial charge in [-0.25, -0.2) is 0 Å². The summed E-state index contributed by atoms with van der Waals surface area (Å²) >= 11 is 0. The smallest absolute Gasteiger partial charge is 0.779 e. The van der Waals surface area contributed by atoms with Gasteiger partial charge in [-0.3, -0.25) is 0 Å². The summed E-state index contributed by atoms with van der Waals surface area (Å²) in [5.74, 6) is 0. The minimum absolute atomic E-state index is 0. The van der Waals surface area contributed by atoms with Crippen molar-refractivity contribution in [2.24, 2.45) is 0 Å². The second kappa shape index (κ2) is 12.1. The van der Waals surface area contributed by atoms with Crippen molar-refractivity contribution >= 4 is 38.2 Å². The Balaban J connectivity index is -0.000000218. The van der Waals surface area contributed by atoms with E-state index in [1.165, 1.54) is 0 Å². The zero-order valence-electron chi connectivity index (χ0n) is 10.9. The Bertz CT molecular complexity index is 234. The van der Waals surface area contributed by atoms with E-state index >= 15 is 0 Å². The predicted octanol–water partition coefficient (Wildman–Crippen LogP) is 0.812. The van der Waals surface area contributed by atoms with Crippen LogP contribution in [0.3, 0.4) is 0 Å². The van der Waals surface area contributed by atoms with Gasteiger partial charge in [0.15, 0.2) is 0 Å². The van der Waals surface area contributed by atoms with Crippen LogP contribution in [0.2, 0.25) is 0 Å². The molecule has 0 aromatic rings. The average Bonchev–Trinajstić information content (AvgIpc) is 2.19. The zero-order valence-corrected chi connectivity index (χ0v) is 14.1. The van der Waals surface area contributed by atoms with Crippen molar-refractivity contribution in [2.75, 3.05) is 25.5 Å². The van der Waals surface area contributed by atoms with Crippen molar-refractivity contribution in [1.82, 2.24) is 0 Å². The minimum atomic E-state index is -3.42. The molecule has 0 heterocycles. The van der Waals surface area contributed by atoms with E-state index in [0.717, 1.165) is 0 Å². The van der Waals surface area contributed by atoms with Crippen molar-refractivity contribution in [2.45, 2.75) is 27.7 Å². The SMILES string of the molecule is CCOP(=O)([O-])CC.CCOP(=O)([O-])CC.[Mg+2].